The minimum Gasteiger partial charge on any atom is -0.505 e. The molecule has 7 heteroatoms. The maximum Gasteiger partial charge on any atom is 0.337 e. The van der Waals surface area contributed by atoms with E-state index in [0.29, 0.717) is 17.4 Å². The average Bonchev–Trinajstić information content (AvgIpc) is 2.61. The third-order valence-corrected chi connectivity index (χ3v) is 3.40. The molecule has 2 N–H and O–H groups in total. The summed E-state index contributed by atoms with van der Waals surface area (Å²) in [5, 5.41) is 27.7. The SMILES string of the molecule is O=Cc1cc(N=Nc2ccccc2C(=O)O)c2cccnc2c1O. The Morgan fingerprint density at radius 3 is 2.58 bits per heavy atom. The molecule has 0 aliphatic carbocycles. The number of carboxylic acids is 1. The van der Waals surface area contributed by atoms with E-state index in [-0.39, 0.29) is 28.1 Å². The van der Waals surface area contributed by atoms with E-state index in [1.807, 2.05) is 0 Å². The maximum absolute atomic E-state index is 11.2. The third kappa shape index (κ3) is 2.70. The van der Waals surface area contributed by atoms with Crippen LogP contribution in [0.1, 0.15) is 20.7 Å². The zero-order chi connectivity index (χ0) is 17.1. The Balaban J connectivity index is 2.16. The summed E-state index contributed by atoms with van der Waals surface area (Å²) >= 11 is 0. The molecule has 24 heavy (non-hydrogen) atoms. The standard InChI is InChI=1S/C17H11N3O4/c21-9-10-8-14(11-5-3-7-18-15(11)16(10)22)20-19-13-6-2-1-4-12(13)17(23)24/h1-9,22H,(H,23,24). The molecule has 0 amide bonds. The summed E-state index contributed by atoms with van der Waals surface area (Å²) in [4.78, 5) is 26.3. The highest BCUT2D eigenvalue weighted by molar-refractivity contribution is 6.00. The van der Waals surface area contributed by atoms with Gasteiger partial charge >= 0.3 is 5.97 Å². The van der Waals surface area contributed by atoms with Gasteiger partial charge in [0.15, 0.2) is 12.0 Å². The lowest BCUT2D eigenvalue weighted by atomic mass is 10.1. The number of pyridine rings is 1. The molecule has 7 nitrogen and oxygen atoms in total. The van der Waals surface area contributed by atoms with Crippen LogP contribution in [0.3, 0.4) is 0 Å². The Hall–Kier alpha value is -3.61. The Morgan fingerprint density at radius 2 is 1.83 bits per heavy atom. The van der Waals surface area contributed by atoms with E-state index in [9.17, 15) is 14.7 Å². The van der Waals surface area contributed by atoms with Crippen LogP contribution < -0.4 is 0 Å². The highest BCUT2D eigenvalue weighted by atomic mass is 16.4. The minimum atomic E-state index is -1.12. The van der Waals surface area contributed by atoms with Gasteiger partial charge in [0.05, 0.1) is 16.8 Å². The number of carbonyl (C=O) groups excluding carboxylic acids is 1. The number of hydrogen-bond donors (Lipinski definition) is 2. The monoisotopic (exact) mass is 321 g/mol. The minimum absolute atomic E-state index is 0.0121. The number of carboxylic acid groups (broad SMARTS) is 1. The van der Waals surface area contributed by atoms with Gasteiger partial charge in [-0.05, 0) is 30.3 Å². The van der Waals surface area contributed by atoms with Crippen molar-refractivity contribution >= 4 is 34.5 Å². The van der Waals surface area contributed by atoms with Gasteiger partial charge in [0.2, 0.25) is 0 Å². The predicted molar refractivity (Wildman–Crippen MR) is 86.4 cm³/mol. The molecule has 2 aromatic carbocycles. The van der Waals surface area contributed by atoms with E-state index >= 15 is 0 Å². The maximum atomic E-state index is 11.2. The molecule has 3 aromatic rings. The van der Waals surface area contributed by atoms with Crippen molar-refractivity contribution in [3.05, 3.63) is 59.8 Å². The van der Waals surface area contributed by atoms with E-state index < -0.39 is 5.97 Å². The van der Waals surface area contributed by atoms with Gasteiger partial charge in [0, 0.05) is 11.6 Å². The number of azo groups is 1. The Morgan fingerprint density at radius 1 is 1.08 bits per heavy atom. The fourth-order valence-electron chi connectivity index (χ4n) is 2.25. The van der Waals surface area contributed by atoms with Gasteiger partial charge in [-0.25, -0.2) is 4.79 Å². The lowest BCUT2D eigenvalue weighted by Gasteiger charge is -2.05. The summed E-state index contributed by atoms with van der Waals surface area (Å²) in [5.41, 5.74) is 0.753. The molecule has 0 radical (unpaired) electrons. The van der Waals surface area contributed by atoms with Crippen molar-refractivity contribution in [3.8, 4) is 5.75 Å². The number of hydrogen-bond acceptors (Lipinski definition) is 6. The van der Waals surface area contributed by atoms with Gasteiger partial charge in [-0.15, -0.1) is 10.2 Å². The first-order valence-corrected chi connectivity index (χ1v) is 6.91. The number of aromatic nitrogens is 1. The molecule has 0 saturated carbocycles. The quantitative estimate of drug-likeness (QED) is 0.559. The number of aromatic hydroxyl groups is 1. The molecular weight excluding hydrogens is 310 g/mol. The first kappa shape index (κ1) is 15.3. The van der Waals surface area contributed by atoms with Gasteiger partial charge in [0.1, 0.15) is 11.2 Å². The van der Waals surface area contributed by atoms with Crippen molar-refractivity contribution in [2.24, 2.45) is 10.2 Å². The molecule has 0 atom stereocenters. The Kier molecular flexibility index (Phi) is 3.98. The van der Waals surface area contributed by atoms with Crippen LogP contribution >= 0.6 is 0 Å². The summed E-state index contributed by atoms with van der Waals surface area (Å²) in [6.45, 7) is 0. The topological polar surface area (TPSA) is 112 Å². The predicted octanol–water partition coefficient (Wildman–Crippen LogP) is 3.87. The molecule has 0 fully saturated rings. The van der Waals surface area contributed by atoms with Crippen LogP contribution in [0.5, 0.6) is 5.75 Å². The number of nitrogens with zero attached hydrogens (tertiary/aromatic N) is 3. The summed E-state index contributed by atoms with van der Waals surface area (Å²) in [7, 11) is 0. The van der Waals surface area contributed by atoms with Crippen molar-refractivity contribution in [2.45, 2.75) is 0 Å². The van der Waals surface area contributed by atoms with Crippen molar-refractivity contribution < 1.29 is 19.8 Å². The fraction of sp³-hybridized carbons (Fsp3) is 0. The molecular formula is C17H11N3O4. The Labute approximate surface area is 135 Å². The molecule has 0 unspecified atom stereocenters. The molecule has 0 bridgehead atoms. The zero-order valence-electron chi connectivity index (χ0n) is 12.2. The fourth-order valence-corrected chi connectivity index (χ4v) is 2.25. The molecule has 0 aliphatic rings. The van der Waals surface area contributed by atoms with E-state index in [2.05, 4.69) is 15.2 Å². The third-order valence-electron chi connectivity index (χ3n) is 3.40. The smallest absolute Gasteiger partial charge is 0.337 e. The normalized spacial score (nSPS) is 11.0. The molecule has 118 valence electrons. The van der Waals surface area contributed by atoms with Crippen LogP contribution in [-0.2, 0) is 0 Å². The van der Waals surface area contributed by atoms with Crippen LogP contribution in [0.4, 0.5) is 11.4 Å². The lowest BCUT2D eigenvalue weighted by molar-refractivity contribution is 0.0697. The van der Waals surface area contributed by atoms with Gasteiger partial charge in [-0.3, -0.25) is 9.78 Å². The van der Waals surface area contributed by atoms with Crippen molar-refractivity contribution in [1.29, 1.82) is 0 Å². The number of carbonyl (C=O) groups is 2. The second-order valence-electron chi connectivity index (χ2n) is 4.87. The second kappa shape index (κ2) is 6.25. The Bertz CT molecular complexity index is 983. The average molecular weight is 321 g/mol. The van der Waals surface area contributed by atoms with Crippen LogP contribution in [0.15, 0.2) is 58.9 Å². The number of phenolic OH excluding ortho intramolecular Hbond substituents is 1. The van der Waals surface area contributed by atoms with Crippen LogP contribution in [0.25, 0.3) is 10.9 Å². The first-order chi connectivity index (χ1) is 11.6. The van der Waals surface area contributed by atoms with Crippen molar-refractivity contribution in [1.82, 2.24) is 4.98 Å². The zero-order valence-corrected chi connectivity index (χ0v) is 12.2. The number of aldehydes is 1. The first-order valence-electron chi connectivity index (χ1n) is 6.91. The number of rotatable bonds is 4. The number of benzene rings is 2. The van der Waals surface area contributed by atoms with Gasteiger partial charge < -0.3 is 10.2 Å². The summed E-state index contributed by atoms with van der Waals surface area (Å²) in [6.07, 6.45) is 1.98. The molecule has 1 heterocycles. The molecule has 0 aliphatic heterocycles. The molecule has 0 spiro atoms. The number of aromatic carboxylic acids is 1. The highest BCUT2D eigenvalue weighted by Gasteiger charge is 2.12. The van der Waals surface area contributed by atoms with E-state index in [1.165, 1.54) is 24.4 Å². The van der Waals surface area contributed by atoms with Gasteiger partial charge in [-0.2, -0.15) is 0 Å². The highest BCUT2D eigenvalue weighted by Crippen LogP contribution is 2.35. The van der Waals surface area contributed by atoms with Crippen LogP contribution in [0, 0.1) is 0 Å². The van der Waals surface area contributed by atoms with Crippen molar-refractivity contribution in [2.75, 3.05) is 0 Å². The lowest BCUT2D eigenvalue weighted by Crippen LogP contribution is -1.95. The summed E-state index contributed by atoms with van der Waals surface area (Å²) < 4.78 is 0. The number of fused-ring (bicyclic) bond motifs is 1. The van der Waals surface area contributed by atoms with E-state index in [4.69, 9.17) is 5.11 Å². The second-order valence-corrected chi connectivity index (χ2v) is 4.87. The van der Waals surface area contributed by atoms with Crippen LogP contribution in [-0.4, -0.2) is 27.5 Å². The number of phenols is 1. The van der Waals surface area contributed by atoms with Crippen molar-refractivity contribution in [3.63, 3.8) is 0 Å². The van der Waals surface area contributed by atoms with E-state index in [1.54, 1.807) is 24.3 Å². The molecule has 3 rings (SSSR count). The molecule has 1 aromatic heterocycles. The summed E-state index contributed by atoms with van der Waals surface area (Å²) in [5.74, 6) is -1.35. The largest absolute Gasteiger partial charge is 0.505 e. The van der Waals surface area contributed by atoms with E-state index in [0.717, 1.165) is 0 Å². The van der Waals surface area contributed by atoms with Crippen LogP contribution in [0.2, 0.25) is 0 Å². The molecule has 0 saturated heterocycles. The van der Waals surface area contributed by atoms with Gasteiger partial charge in [-0.1, -0.05) is 12.1 Å². The summed E-state index contributed by atoms with van der Waals surface area (Å²) in [6, 6.07) is 10.9. The van der Waals surface area contributed by atoms with Gasteiger partial charge in [0.25, 0.3) is 0 Å².